The Hall–Kier alpha value is -4.37. The number of fused-ring (bicyclic) bond motifs is 1. The van der Waals surface area contributed by atoms with E-state index in [1.807, 2.05) is 55.5 Å². The summed E-state index contributed by atoms with van der Waals surface area (Å²) < 4.78 is 1.80. The van der Waals surface area contributed by atoms with Gasteiger partial charge in [0, 0.05) is 50.7 Å². The molecule has 3 aromatic heterocycles. The largest absolute Gasteiger partial charge is 0.383 e. The van der Waals surface area contributed by atoms with Crippen LogP contribution in [0.25, 0.3) is 5.69 Å². The number of hydrogen-bond acceptors (Lipinski definition) is 7. The van der Waals surface area contributed by atoms with Crippen LogP contribution in [0.1, 0.15) is 63.8 Å². The molecule has 0 fully saturated rings. The molecule has 1 aliphatic carbocycles. The maximum atomic E-state index is 12.9. The van der Waals surface area contributed by atoms with Crippen molar-refractivity contribution in [1.29, 1.82) is 0 Å². The number of nitrogens with one attached hydrogen (secondary N) is 1. The molecule has 0 aliphatic heterocycles. The Labute approximate surface area is 234 Å². The quantitative estimate of drug-likeness (QED) is 0.309. The number of nitrogens with zero attached hydrogens (tertiary/aromatic N) is 5. The average Bonchev–Trinajstić information content (AvgIpc) is 3.24. The molecule has 3 N–H and O–H groups in total. The normalized spacial score (nSPS) is 14.2. The van der Waals surface area contributed by atoms with Crippen LogP contribution in [0.2, 0.25) is 0 Å². The first kappa shape index (κ1) is 27.2. The van der Waals surface area contributed by atoms with E-state index in [-0.39, 0.29) is 11.2 Å². The molecule has 9 nitrogen and oxygen atoms in total. The minimum absolute atomic E-state index is 0.116. The second-order valence-corrected chi connectivity index (χ2v) is 11.1. The highest BCUT2D eigenvalue weighted by atomic mass is 16.1. The molecule has 4 aromatic rings. The molecular formula is C31H35N7O2. The highest BCUT2D eigenvalue weighted by Crippen LogP contribution is 2.36. The van der Waals surface area contributed by atoms with Crippen molar-refractivity contribution in [3.8, 4) is 5.69 Å². The molecule has 0 bridgehead atoms. The van der Waals surface area contributed by atoms with Crippen LogP contribution in [0.3, 0.4) is 0 Å². The number of benzene rings is 1. The lowest BCUT2D eigenvalue weighted by Gasteiger charge is -2.27. The summed E-state index contributed by atoms with van der Waals surface area (Å²) in [6.45, 7) is 8.66. The Kier molecular flexibility index (Phi) is 7.75. The number of amides is 1. The van der Waals surface area contributed by atoms with Crippen molar-refractivity contribution >= 4 is 17.4 Å². The summed E-state index contributed by atoms with van der Waals surface area (Å²) in [4.78, 5) is 36.4. The van der Waals surface area contributed by atoms with Gasteiger partial charge in [0.05, 0.1) is 39.6 Å². The summed E-state index contributed by atoms with van der Waals surface area (Å²) in [6.07, 6.45) is 4.84. The summed E-state index contributed by atoms with van der Waals surface area (Å²) >= 11 is 0. The number of primary amides is 1. The van der Waals surface area contributed by atoms with Gasteiger partial charge in [-0.25, -0.2) is 4.68 Å². The zero-order valence-electron chi connectivity index (χ0n) is 23.2. The zero-order valence-corrected chi connectivity index (χ0v) is 23.2. The van der Waals surface area contributed by atoms with Crippen molar-refractivity contribution in [3.63, 3.8) is 0 Å². The van der Waals surface area contributed by atoms with E-state index in [0.717, 1.165) is 34.9 Å². The summed E-state index contributed by atoms with van der Waals surface area (Å²) in [5, 5.41) is 8.23. The van der Waals surface area contributed by atoms with Crippen LogP contribution in [0, 0.1) is 12.3 Å². The van der Waals surface area contributed by atoms with Gasteiger partial charge in [0.2, 0.25) is 0 Å². The van der Waals surface area contributed by atoms with Gasteiger partial charge in [-0.05, 0) is 61.2 Å². The van der Waals surface area contributed by atoms with Gasteiger partial charge in [-0.3, -0.25) is 24.5 Å². The first-order valence-electron chi connectivity index (χ1n) is 13.5. The molecule has 1 aliphatic rings. The smallest absolute Gasteiger partial charge is 0.250 e. The number of carbonyl (C=O) groups excluding carboxylic acids is 2. The zero-order chi connectivity index (χ0) is 28.3. The maximum absolute atomic E-state index is 12.9. The van der Waals surface area contributed by atoms with Crippen molar-refractivity contribution in [3.05, 3.63) is 101 Å². The number of anilines is 1. The predicted octanol–water partition coefficient (Wildman–Crippen LogP) is 4.34. The van der Waals surface area contributed by atoms with Crippen molar-refractivity contribution in [2.24, 2.45) is 11.1 Å². The lowest BCUT2D eigenvalue weighted by atomic mass is 9.76. The number of rotatable bonds is 10. The number of ketones is 1. The van der Waals surface area contributed by atoms with Gasteiger partial charge >= 0.3 is 0 Å². The van der Waals surface area contributed by atoms with Gasteiger partial charge in [-0.1, -0.05) is 26.0 Å². The van der Waals surface area contributed by atoms with E-state index in [1.165, 1.54) is 0 Å². The van der Waals surface area contributed by atoms with E-state index in [9.17, 15) is 9.59 Å². The Morgan fingerprint density at radius 3 is 2.30 bits per heavy atom. The number of Topliss-reactive ketones (excluding diaryl/α,β-unsaturated/α-hetero) is 1. The van der Waals surface area contributed by atoms with E-state index in [0.29, 0.717) is 49.4 Å². The van der Waals surface area contributed by atoms with Crippen LogP contribution in [0.5, 0.6) is 0 Å². The highest BCUT2D eigenvalue weighted by Gasteiger charge is 2.35. The Bertz CT molecular complexity index is 1470. The lowest BCUT2D eigenvalue weighted by Crippen LogP contribution is -2.29. The molecule has 3 heterocycles. The van der Waals surface area contributed by atoms with Crippen molar-refractivity contribution in [2.75, 3.05) is 18.4 Å². The second-order valence-electron chi connectivity index (χ2n) is 11.1. The van der Waals surface area contributed by atoms with E-state index >= 15 is 0 Å². The van der Waals surface area contributed by atoms with Crippen LogP contribution >= 0.6 is 0 Å². The summed E-state index contributed by atoms with van der Waals surface area (Å²) in [7, 11) is 0. The first-order chi connectivity index (χ1) is 19.2. The molecule has 0 spiro atoms. The molecule has 1 aromatic carbocycles. The predicted molar refractivity (Wildman–Crippen MR) is 154 cm³/mol. The Balaban J connectivity index is 1.37. The minimum Gasteiger partial charge on any atom is -0.383 e. The van der Waals surface area contributed by atoms with E-state index < -0.39 is 5.91 Å². The number of aromatic nitrogens is 4. The van der Waals surface area contributed by atoms with Crippen LogP contribution < -0.4 is 11.1 Å². The highest BCUT2D eigenvalue weighted by molar-refractivity contribution is 6.00. The molecule has 0 saturated heterocycles. The molecule has 5 rings (SSSR count). The number of pyridine rings is 2. The van der Waals surface area contributed by atoms with Crippen LogP contribution in [-0.4, -0.2) is 49.4 Å². The fourth-order valence-corrected chi connectivity index (χ4v) is 5.37. The molecule has 9 heteroatoms. The lowest BCUT2D eigenvalue weighted by molar-refractivity contribution is 0.0910. The monoisotopic (exact) mass is 537 g/mol. The fraction of sp³-hybridized carbons (Fsp3) is 0.323. The van der Waals surface area contributed by atoms with Crippen LogP contribution in [-0.2, 0) is 19.5 Å². The SMILES string of the molecule is Cc1c2c(nn1-c1ccc(C(N)=O)c(NCCN(Cc3ccccn3)Cc3ccccn3)c1)CC(C)(C)CC2=O. The fourth-order valence-electron chi connectivity index (χ4n) is 5.37. The number of carbonyl (C=O) groups is 2. The van der Waals surface area contributed by atoms with Crippen LogP contribution in [0.15, 0.2) is 67.0 Å². The summed E-state index contributed by atoms with van der Waals surface area (Å²) in [5.74, 6) is -0.385. The molecule has 0 radical (unpaired) electrons. The van der Waals surface area contributed by atoms with Crippen molar-refractivity contribution in [1.82, 2.24) is 24.6 Å². The third-order valence-electron chi connectivity index (χ3n) is 7.23. The third-order valence-corrected chi connectivity index (χ3v) is 7.23. The molecule has 0 saturated carbocycles. The van der Waals surface area contributed by atoms with E-state index in [2.05, 4.69) is 34.0 Å². The first-order valence-corrected chi connectivity index (χ1v) is 13.5. The van der Waals surface area contributed by atoms with E-state index in [1.54, 1.807) is 23.1 Å². The van der Waals surface area contributed by atoms with Gasteiger partial charge in [0.1, 0.15) is 0 Å². The molecule has 206 valence electrons. The minimum atomic E-state index is -0.513. The van der Waals surface area contributed by atoms with Gasteiger partial charge < -0.3 is 11.1 Å². The van der Waals surface area contributed by atoms with E-state index in [4.69, 9.17) is 10.8 Å². The molecule has 0 atom stereocenters. The van der Waals surface area contributed by atoms with Gasteiger partial charge in [0.15, 0.2) is 5.78 Å². The Morgan fingerprint density at radius 1 is 1.02 bits per heavy atom. The number of nitrogens with two attached hydrogens (primary N) is 1. The van der Waals surface area contributed by atoms with Crippen molar-refractivity contribution < 1.29 is 9.59 Å². The van der Waals surface area contributed by atoms with Gasteiger partial charge in [-0.2, -0.15) is 5.10 Å². The third kappa shape index (κ3) is 6.10. The van der Waals surface area contributed by atoms with Gasteiger partial charge in [-0.15, -0.1) is 0 Å². The summed E-state index contributed by atoms with van der Waals surface area (Å²) in [5.41, 5.74) is 11.7. The topological polar surface area (TPSA) is 119 Å². The molecular weight excluding hydrogens is 502 g/mol. The maximum Gasteiger partial charge on any atom is 0.250 e. The Morgan fingerprint density at radius 2 is 1.70 bits per heavy atom. The standard InChI is InChI=1S/C31H35N7O2/c1-21-29-27(17-31(2,3)18-28(29)39)36-38(21)24-10-11-25(30(32)40)26(16-24)35-14-15-37(19-22-8-4-6-12-33-22)20-23-9-5-7-13-34-23/h4-13,16,35H,14-15,17-20H2,1-3H3,(H2,32,40). The summed E-state index contributed by atoms with van der Waals surface area (Å²) in [6, 6.07) is 17.2. The second kappa shape index (κ2) is 11.4. The van der Waals surface area contributed by atoms with Gasteiger partial charge in [0.25, 0.3) is 5.91 Å². The molecule has 40 heavy (non-hydrogen) atoms. The van der Waals surface area contributed by atoms with Crippen molar-refractivity contribution in [2.45, 2.75) is 46.7 Å². The van der Waals surface area contributed by atoms with Crippen LogP contribution in [0.4, 0.5) is 5.69 Å². The number of hydrogen-bond donors (Lipinski definition) is 2. The average molecular weight is 538 g/mol. The molecule has 1 amide bonds. The molecule has 0 unspecified atom stereocenters.